The second kappa shape index (κ2) is 8.12. The third kappa shape index (κ3) is 3.47. The van der Waals surface area contributed by atoms with Gasteiger partial charge < -0.3 is 33.5 Å². The molecule has 0 spiro atoms. The minimum Gasteiger partial charge on any atom is -0.507 e. The number of hydrogen-bond donors (Lipinski definition) is 1. The summed E-state index contributed by atoms with van der Waals surface area (Å²) in [6.45, 7) is 1.52. The number of carbonyl (C=O) groups is 2. The van der Waals surface area contributed by atoms with Crippen LogP contribution in [0.5, 0.6) is 17.2 Å². The largest absolute Gasteiger partial charge is 0.507 e. The van der Waals surface area contributed by atoms with Crippen molar-refractivity contribution in [3.8, 4) is 17.2 Å². The van der Waals surface area contributed by atoms with E-state index in [2.05, 4.69) is 0 Å². The summed E-state index contributed by atoms with van der Waals surface area (Å²) >= 11 is 0. The molecule has 35 heavy (non-hydrogen) atoms. The quantitative estimate of drug-likeness (QED) is 0.349. The molecular weight excluding hydrogens is 452 g/mol. The molecule has 0 aliphatic carbocycles. The zero-order valence-corrected chi connectivity index (χ0v) is 18.9. The molecule has 1 fully saturated rings. The summed E-state index contributed by atoms with van der Waals surface area (Å²) in [5.74, 6) is 0.524. The third-order valence-corrected chi connectivity index (χ3v) is 6.47. The number of nitrogens with zero attached hydrogens (tertiary/aromatic N) is 2. The number of carbonyl (C=O) groups excluding carboxylic acids is 2. The van der Waals surface area contributed by atoms with Gasteiger partial charge in [-0.05, 0) is 48.0 Å². The van der Waals surface area contributed by atoms with Crippen molar-refractivity contribution in [2.45, 2.75) is 12.6 Å². The molecule has 6 rings (SSSR count). The van der Waals surface area contributed by atoms with Crippen molar-refractivity contribution in [1.82, 2.24) is 4.90 Å². The van der Waals surface area contributed by atoms with E-state index < -0.39 is 17.7 Å². The number of likely N-dealkylation sites (N-methyl/N-ethyl adjacent to an activating group) is 1. The Labute approximate surface area is 200 Å². The highest BCUT2D eigenvalue weighted by molar-refractivity contribution is 6.46. The maximum Gasteiger partial charge on any atom is 0.296 e. The number of benzene rings is 2. The Bertz CT molecular complexity index is 1360. The van der Waals surface area contributed by atoms with E-state index in [4.69, 9.17) is 18.6 Å². The van der Waals surface area contributed by atoms with E-state index in [1.165, 1.54) is 11.2 Å². The predicted octanol–water partition coefficient (Wildman–Crippen LogP) is 3.46. The van der Waals surface area contributed by atoms with Gasteiger partial charge in [0.25, 0.3) is 11.7 Å². The standard InChI is InChI=1S/C26H22N2O7/c1-27-8-10-33-18-7-5-16(12-17(18)27)24(29)22-23(20-3-2-9-32-20)28(26(31)25(22)30)13-15-4-6-19-21(11-15)35-14-34-19/h2-7,9,11-12,23,29H,8,10,13-14H2,1H3/b24-22-. The van der Waals surface area contributed by atoms with E-state index in [1.54, 1.807) is 42.5 Å². The number of aliphatic hydroxyl groups is 1. The summed E-state index contributed by atoms with van der Waals surface area (Å²) in [5, 5.41) is 11.3. The van der Waals surface area contributed by atoms with Crippen LogP contribution in [-0.4, -0.2) is 48.7 Å². The molecule has 1 amide bonds. The van der Waals surface area contributed by atoms with Gasteiger partial charge in [-0.25, -0.2) is 0 Å². The van der Waals surface area contributed by atoms with Gasteiger partial charge in [0.2, 0.25) is 6.79 Å². The molecule has 4 heterocycles. The molecule has 3 aromatic rings. The first-order valence-electron chi connectivity index (χ1n) is 11.2. The van der Waals surface area contributed by atoms with Gasteiger partial charge in [-0.3, -0.25) is 9.59 Å². The maximum atomic E-state index is 13.2. The number of ether oxygens (including phenoxy) is 3. The SMILES string of the molecule is CN1CCOc2ccc(/C(O)=C3/C(=O)C(=O)N(Cc4ccc5c(c4)OCO5)C3c3ccco3)cc21. The van der Waals surface area contributed by atoms with Crippen molar-refractivity contribution in [2.75, 3.05) is 31.9 Å². The van der Waals surface area contributed by atoms with E-state index in [9.17, 15) is 14.7 Å². The van der Waals surface area contributed by atoms with Gasteiger partial charge in [0, 0.05) is 19.2 Å². The normalized spacial score (nSPS) is 20.2. The van der Waals surface area contributed by atoms with Crippen molar-refractivity contribution >= 4 is 23.1 Å². The molecule has 0 radical (unpaired) electrons. The maximum absolute atomic E-state index is 13.2. The molecular formula is C26H22N2O7. The van der Waals surface area contributed by atoms with Gasteiger partial charge in [-0.2, -0.15) is 0 Å². The molecule has 9 nitrogen and oxygen atoms in total. The Balaban J connectivity index is 1.42. The number of Topliss-reactive ketones (excluding diaryl/α,β-unsaturated/α-hetero) is 1. The van der Waals surface area contributed by atoms with Crippen LogP contribution < -0.4 is 19.1 Å². The Kier molecular flexibility index (Phi) is 4.91. The highest BCUT2D eigenvalue weighted by Gasteiger charge is 2.47. The van der Waals surface area contributed by atoms with E-state index >= 15 is 0 Å². The molecule has 1 unspecified atom stereocenters. The third-order valence-electron chi connectivity index (χ3n) is 6.47. The van der Waals surface area contributed by atoms with E-state index in [0.717, 1.165) is 11.3 Å². The van der Waals surface area contributed by atoms with E-state index in [-0.39, 0.29) is 24.7 Å². The predicted molar refractivity (Wildman–Crippen MR) is 124 cm³/mol. The summed E-state index contributed by atoms with van der Waals surface area (Å²) < 4.78 is 22.1. The van der Waals surface area contributed by atoms with Crippen LogP contribution in [0.15, 0.2) is 64.8 Å². The summed E-state index contributed by atoms with van der Waals surface area (Å²) in [7, 11) is 1.93. The number of likely N-dealkylation sites (tertiary alicyclic amines) is 1. The van der Waals surface area contributed by atoms with Crippen LogP contribution in [0.3, 0.4) is 0 Å². The number of anilines is 1. The molecule has 0 saturated carbocycles. The fourth-order valence-corrected chi connectivity index (χ4v) is 4.68. The summed E-state index contributed by atoms with van der Waals surface area (Å²) in [4.78, 5) is 29.8. The molecule has 2 aromatic carbocycles. The highest BCUT2D eigenvalue weighted by Crippen LogP contribution is 2.42. The topological polar surface area (TPSA) is 102 Å². The van der Waals surface area contributed by atoms with Crippen LogP contribution in [0, 0.1) is 0 Å². The lowest BCUT2D eigenvalue weighted by Crippen LogP contribution is -2.29. The first-order valence-corrected chi connectivity index (χ1v) is 11.2. The molecule has 9 heteroatoms. The average Bonchev–Trinajstić information content (AvgIpc) is 3.61. The monoisotopic (exact) mass is 474 g/mol. The zero-order valence-electron chi connectivity index (χ0n) is 18.9. The van der Waals surface area contributed by atoms with Crippen LogP contribution in [0.2, 0.25) is 0 Å². The van der Waals surface area contributed by atoms with Crippen molar-refractivity contribution in [2.24, 2.45) is 0 Å². The lowest BCUT2D eigenvalue weighted by atomic mass is 9.98. The van der Waals surface area contributed by atoms with Gasteiger partial charge in [0.15, 0.2) is 11.5 Å². The number of fused-ring (bicyclic) bond motifs is 2. The number of ketones is 1. The number of amides is 1. The van der Waals surface area contributed by atoms with Crippen molar-refractivity contribution in [1.29, 1.82) is 0 Å². The summed E-state index contributed by atoms with van der Waals surface area (Å²) in [5.41, 5.74) is 1.94. The first-order chi connectivity index (χ1) is 17.0. The van der Waals surface area contributed by atoms with E-state index in [1.807, 2.05) is 18.0 Å². The zero-order chi connectivity index (χ0) is 24.1. The molecule has 0 bridgehead atoms. The van der Waals surface area contributed by atoms with Crippen molar-refractivity contribution < 1.29 is 33.3 Å². The summed E-state index contributed by atoms with van der Waals surface area (Å²) in [6, 6.07) is 13.0. The highest BCUT2D eigenvalue weighted by atomic mass is 16.7. The first kappa shape index (κ1) is 21.2. The Morgan fingerprint density at radius 3 is 2.69 bits per heavy atom. The second-order valence-corrected chi connectivity index (χ2v) is 8.58. The van der Waals surface area contributed by atoms with Gasteiger partial charge in [0.05, 0.1) is 24.1 Å². The minimum absolute atomic E-state index is 0.0231. The minimum atomic E-state index is -0.888. The molecule has 1 saturated heterocycles. The Morgan fingerprint density at radius 1 is 1.03 bits per heavy atom. The second-order valence-electron chi connectivity index (χ2n) is 8.58. The Morgan fingerprint density at radius 2 is 1.86 bits per heavy atom. The van der Waals surface area contributed by atoms with Gasteiger partial charge >= 0.3 is 0 Å². The molecule has 1 aromatic heterocycles. The molecule has 3 aliphatic rings. The molecule has 1 N–H and O–H groups in total. The van der Waals surface area contributed by atoms with Crippen LogP contribution in [0.25, 0.3) is 5.76 Å². The fraction of sp³-hybridized carbons (Fsp3) is 0.231. The lowest BCUT2D eigenvalue weighted by molar-refractivity contribution is -0.140. The molecule has 178 valence electrons. The van der Waals surface area contributed by atoms with Crippen LogP contribution in [0.1, 0.15) is 22.9 Å². The number of furan rings is 1. The molecule has 3 aliphatic heterocycles. The van der Waals surface area contributed by atoms with Crippen molar-refractivity contribution in [3.63, 3.8) is 0 Å². The number of rotatable bonds is 4. The van der Waals surface area contributed by atoms with Gasteiger partial charge in [0.1, 0.15) is 29.9 Å². The Hall–Kier alpha value is -4.40. The molecule has 1 atom stereocenters. The van der Waals surface area contributed by atoms with Crippen LogP contribution in [-0.2, 0) is 16.1 Å². The van der Waals surface area contributed by atoms with Gasteiger partial charge in [-0.15, -0.1) is 0 Å². The van der Waals surface area contributed by atoms with Crippen molar-refractivity contribution in [3.05, 3.63) is 77.3 Å². The van der Waals surface area contributed by atoms with Crippen LogP contribution >= 0.6 is 0 Å². The lowest BCUT2D eigenvalue weighted by Gasteiger charge is -2.28. The van der Waals surface area contributed by atoms with E-state index in [0.29, 0.717) is 41.7 Å². The fourth-order valence-electron chi connectivity index (χ4n) is 4.68. The number of aliphatic hydroxyl groups excluding tert-OH is 1. The van der Waals surface area contributed by atoms with Gasteiger partial charge in [-0.1, -0.05) is 6.07 Å². The summed E-state index contributed by atoms with van der Waals surface area (Å²) in [6.07, 6.45) is 1.47. The van der Waals surface area contributed by atoms with Crippen LogP contribution in [0.4, 0.5) is 5.69 Å². The smallest absolute Gasteiger partial charge is 0.296 e. The average molecular weight is 474 g/mol. The number of hydrogen-bond acceptors (Lipinski definition) is 8.